The van der Waals surface area contributed by atoms with E-state index in [0.717, 1.165) is 5.39 Å². The maximum Gasteiger partial charge on any atom is 0.225 e. The minimum atomic E-state index is 0.555. The van der Waals surface area contributed by atoms with Crippen LogP contribution < -0.4 is 0 Å². The molecule has 0 aliphatic heterocycles. The number of hydrogen-bond acceptors (Lipinski definition) is 3. The number of nitrogens with zero attached hydrogens (tertiary/aromatic N) is 2. The molecule has 0 aliphatic carbocycles. The van der Waals surface area contributed by atoms with Gasteiger partial charge in [0.25, 0.3) is 0 Å². The van der Waals surface area contributed by atoms with Crippen molar-refractivity contribution in [2.45, 2.75) is 0 Å². The number of nitriles is 1. The van der Waals surface area contributed by atoms with Gasteiger partial charge in [0.05, 0.1) is 11.8 Å². The van der Waals surface area contributed by atoms with Gasteiger partial charge in [-0.1, -0.05) is 0 Å². The van der Waals surface area contributed by atoms with E-state index in [-0.39, 0.29) is 0 Å². The molecule has 0 aliphatic rings. The second kappa shape index (κ2) is 2.10. The zero-order valence-electron chi connectivity index (χ0n) is 5.61. The summed E-state index contributed by atoms with van der Waals surface area (Å²) in [5, 5.41) is 9.38. The van der Waals surface area contributed by atoms with Crippen LogP contribution in [0.5, 0.6) is 0 Å². The molecule has 0 atom stereocenters. The van der Waals surface area contributed by atoms with Crippen LogP contribution in [0, 0.1) is 11.3 Å². The number of furan rings is 1. The Morgan fingerprint density at radius 1 is 1.55 bits per heavy atom. The van der Waals surface area contributed by atoms with Crippen LogP contribution in [-0.4, -0.2) is 4.98 Å². The third-order valence-corrected chi connectivity index (χ3v) is 1.44. The first-order valence-corrected chi connectivity index (χ1v) is 3.13. The molecule has 0 bridgehead atoms. The average molecular weight is 144 g/mol. The Labute approximate surface area is 62.9 Å². The molecule has 0 amide bonds. The lowest BCUT2D eigenvalue weighted by Crippen LogP contribution is -1.76. The lowest BCUT2D eigenvalue weighted by molar-refractivity contribution is 0.603. The average Bonchev–Trinajstić information content (AvgIpc) is 2.50. The summed E-state index contributed by atoms with van der Waals surface area (Å²) >= 11 is 0. The molecule has 11 heavy (non-hydrogen) atoms. The summed E-state index contributed by atoms with van der Waals surface area (Å²) in [7, 11) is 0. The van der Waals surface area contributed by atoms with Gasteiger partial charge >= 0.3 is 0 Å². The predicted molar refractivity (Wildman–Crippen MR) is 38.7 cm³/mol. The molecule has 3 heteroatoms. The highest BCUT2D eigenvalue weighted by Crippen LogP contribution is 2.12. The highest BCUT2D eigenvalue weighted by Gasteiger charge is 1.97. The molecule has 0 saturated carbocycles. The Bertz CT molecular complexity index is 425. The number of pyridine rings is 1. The minimum Gasteiger partial charge on any atom is -0.446 e. The van der Waals surface area contributed by atoms with Gasteiger partial charge < -0.3 is 4.42 Å². The van der Waals surface area contributed by atoms with Crippen LogP contribution in [0.2, 0.25) is 0 Å². The lowest BCUT2D eigenvalue weighted by Gasteiger charge is -1.86. The third kappa shape index (κ3) is 0.849. The Kier molecular flexibility index (Phi) is 1.13. The lowest BCUT2D eigenvalue weighted by atomic mass is 10.2. The van der Waals surface area contributed by atoms with E-state index in [9.17, 15) is 0 Å². The second-order valence-corrected chi connectivity index (χ2v) is 2.15. The molecule has 0 aromatic carbocycles. The van der Waals surface area contributed by atoms with Crippen LogP contribution >= 0.6 is 0 Å². The van der Waals surface area contributed by atoms with Crippen molar-refractivity contribution < 1.29 is 4.42 Å². The number of fused-ring (bicyclic) bond motifs is 1. The van der Waals surface area contributed by atoms with Crippen molar-refractivity contribution in [3.8, 4) is 6.07 Å². The molecule has 2 aromatic heterocycles. The Morgan fingerprint density at radius 2 is 2.45 bits per heavy atom. The van der Waals surface area contributed by atoms with Gasteiger partial charge in [-0.05, 0) is 12.1 Å². The van der Waals surface area contributed by atoms with Crippen LogP contribution in [0.1, 0.15) is 5.56 Å². The summed E-state index contributed by atoms with van der Waals surface area (Å²) in [6.45, 7) is 0. The van der Waals surface area contributed by atoms with Crippen molar-refractivity contribution >= 4 is 11.1 Å². The fourth-order valence-corrected chi connectivity index (χ4v) is 0.920. The van der Waals surface area contributed by atoms with Crippen LogP contribution in [0.15, 0.2) is 29.0 Å². The highest BCUT2D eigenvalue weighted by atomic mass is 16.3. The van der Waals surface area contributed by atoms with E-state index in [1.54, 1.807) is 18.4 Å². The molecule has 2 aromatic rings. The van der Waals surface area contributed by atoms with E-state index in [2.05, 4.69) is 4.98 Å². The van der Waals surface area contributed by atoms with E-state index in [1.807, 2.05) is 6.07 Å². The molecule has 0 radical (unpaired) electrons. The topological polar surface area (TPSA) is 49.8 Å². The smallest absolute Gasteiger partial charge is 0.225 e. The van der Waals surface area contributed by atoms with Crippen LogP contribution in [0.3, 0.4) is 0 Å². The van der Waals surface area contributed by atoms with Crippen molar-refractivity contribution in [3.63, 3.8) is 0 Å². The van der Waals surface area contributed by atoms with Gasteiger partial charge in [0, 0.05) is 11.6 Å². The van der Waals surface area contributed by atoms with Crippen molar-refractivity contribution in [1.82, 2.24) is 4.98 Å². The van der Waals surface area contributed by atoms with E-state index >= 15 is 0 Å². The molecule has 0 fully saturated rings. The first kappa shape index (κ1) is 5.93. The monoisotopic (exact) mass is 144 g/mol. The molecule has 0 spiro atoms. The van der Waals surface area contributed by atoms with Gasteiger partial charge in [-0.25, -0.2) is 4.98 Å². The Hall–Kier alpha value is -1.82. The largest absolute Gasteiger partial charge is 0.446 e. The summed E-state index contributed by atoms with van der Waals surface area (Å²) in [5.74, 6) is 0. The van der Waals surface area contributed by atoms with E-state index < -0.39 is 0 Å². The minimum absolute atomic E-state index is 0.555. The number of aromatic nitrogens is 1. The quantitative estimate of drug-likeness (QED) is 0.565. The van der Waals surface area contributed by atoms with Crippen LogP contribution in [0.4, 0.5) is 0 Å². The maximum atomic E-state index is 8.51. The van der Waals surface area contributed by atoms with Gasteiger partial charge in [0.2, 0.25) is 5.71 Å². The molecule has 52 valence electrons. The van der Waals surface area contributed by atoms with Crippen LogP contribution in [0.25, 0.3) is 11.1 Å². The first-order valence-electron chi connectivity index (χ1n) is 3.13. The molecule has 3 nitrogen and oxygen atoms in total. The molecule has 0 saturated heterocycles. The zero-order valence-corrected chi connectivity index (χ0v) is 5.61. The Balaban J connectivity index is 2.79. The summed E-state index contributed by atoms with van der Waals surface area (Å²) in [6.07, 6.45) is 3.05. The molecule has 2 rings (SSSR count). The van der Waals surface area contributed by atoms with Gasteiger partial charge in [0.15, 0.2) is 0 Å². The normalized spacial score (nSPS) is 9.73. The number of rotatable bonds is 0. The SMILES string of the molecule is N#Cc1cnc2occc2c1. The van der Waals surface area contributed by atoms with Gasteiger partial charge in [-0.3, -0.25) is 0 Å². The van der Waals surface area contributed by atoms with Crippen LogP contribution in [-0.2, 0) is 0 Å². The second-order valence-electron chi connectivity index (χ2n) is 2.15. The third-order valence-electron chi connectivity index (χ3n) is 1.44. The predicted octanol–water partition coefficient (Wildman–Crippen LogP) is 1.70. The van der Waals surface area contributed by atoms with E-state index in [0.29, 0.717) is 11.3 Å². The zero-order chi connectivity index (χ0) is 7.68. The van der Waals surface area contributed by atoms with Crippen molar-refractivity contribution in [3.05, 3.63) is 30.2 Å². The van der Waals surface area contributed by atoms with Gasteiger partial charge in [-0.2, -0.15) is 5.26 Å². The molecular weight excluding hydrogens is 140 g/mol. The molecule has 2 heterocycles. The summed E-state index contributed by atoms with van der Waals surface area (Å²) < 4.78 is 5.00. The van der Waals surface area contributed by atoms with Gasteiger partial charge in [-0.15, -0.1) is 0 Å². The summed E-state index contributed by atoms with van der Waals surface area (Å²) in [5.41, 5.74) is 1.13. The summed E-state index contributed by atoms with van der Waals surface area (Å²) in [4.78, 5) is 3.92. The molecule has 0 N–H and O–H groups in total. The van der Waals surface area contributed by atoms with Crippen molar-refractivity contribution in [2.75, 3.05) is 0 Å². The number of hydrogen-bond donors (Lipinski definition) is 0. The highest BCUT2D eigenvalue weighted by molar-refractivity contribution is 5.74. The van der Waals surface area contributed by atoms with E-state index in [4.69, 9.17) is 9.68 Å². The van der Waals surface area contributed by atoms with Crippen molar-refractivity contribution in [1.29, 1.82) is 5.26 Å². The summed E-state index contributed by atoms with van der Waals surface area (Å²) in [6, 6.07) is 5.53. The fraction of sp³-hybridized carbons (Fsp3) is 0. The first-order chi connectivity index (χ1) is 5.40. The standard InChI is InChI=1S/C8H4N2O/c9-4-6-3-7-1-2-11-8(7)10-5-6/h1-3,5H. The van der Waals surface area contributed by atoms with Gasteiger partial charge in [0.1, 0.15) is 6.07 Å². The Morgan fingerprint density at radius 3 is 3.27 bits per heavy atom. The van der Waals surface area contributed by atoms with E-state index in [1.165, 1.54) is 6.20 Å². The fourth-order valence-electron chi connectivity index (χ4n) is 0.920. The molecular formula is C8H4N2O. The maximum absolute atomic E-state index is 8.51. The van der Waals surface area contributed by atoms with Crippen molar-refractivity contribution in [2.24, 2.45) is 0 Å². The molecule has 0 unspecified atom stereocenters.